The number of aryl methyl sites for hydroxylation is 1. The summed E-state index contributed by atoms with van der Waals surface area (Å²) in [4.78, 5) is 0. The van der Waals surface area contributed by atoms with Crippen LogP contribution in [0.2, 0.25) is 0 Å². The van der Waals surface area contributed by atoms with Crippen molar-refractivity contribution in [2.24, 2.45) is 0 Å². The molecule has 0 unspecified atom stereocenters. The van der Waals surface area contributed by atoms with Crippen LogP contribution in [0.1, 0.15) is 7.19 Å². The minimum absolute atomic E-state index is 0. The van der Waals surface area contributed by atoms with Gasteiger partial charge in [0.1, 0.15) is 5.76 Å². The van der Waals surface area contributed by atoms with Crippen molar-refractivity contribution in [2.75, 3.05) is 4.72 Å². The van der Waals surface area contributed by atoms with E-state index in [9.17, 15) is 8.42 Å². The van der Waals surface area contributed by atoms with Crippen LogP contribution < -0.4 is 34.3 Å². The molecule has 1 aromatic heterocycles. The number of rotatable bonds is 2. The SMILES string of the molecule is Cc1cc(NS(=O)(=O)O)no1.[H-].[Na+]. The zero-order valence-corrected chi connectivity index (χ0v) is 9.42. The maximum atomic E-state index is 10.2. The number of nitrogens with one attached hydrogen (secondary N) is 1. The zero-order chi connectivity index (χ0) is 8.48. The number of hydrogen-bond acceptors (Lipinski definition) is 4. The van der Waals surface area contributed by atoms with Gasteiger partial charge in [0, 0.05) is 6.07 Å². The molecule has 0 aliphatic heterocycles. The quantitative estimate of drug-likeness (QED) is 0.402. The molecule has 0 saturated carbocycles. The van der Waals surface area contributed by atoms with E-state index in [4.69, 9.17) is 4.55 Å². The van der Waals surface area contributed by atoms with Crippen LogP contribution in [0, 0.1) is 6.92 Å². The predicted octanol–water partition coefficient (Wildman–Crippen LogP) is -2.69. The molecule has 12 heavy (non-hydrogen) atoms. The summed E-state index contributed by atoms with van der Waals surface area (Å²) in [6, 6.07) is 1.34. The van der Waals surface area contributed by atoms with Crippen LogP contribution in [0.4, 0.5) is 5.82 Å². The fraction of sp³-hybridized carbons (Fsp3) is 0.250. The van der Waals surface area contributed by atoms with Crippen LogP contribution in [0.5, 0.6) is 0 Å². The first-order valence-electron chi connectivity index (χ1n) is 2.66. The van der Waals surface area contributed by atoms with Crippen LogP contribution in [0.15, 0.2) is 10.6 Å². The van der Waals surface area contributed by atoms with E-state index < -0.39 is 10.3 Å². The maximum Gasteiger partial charge on any atom is 1.00 e. The van der Waals surface area contributed by atoms with Crippen LogP contribution in [0.3, 0.4) is 0 Å². The van der Waals surface area contributed by atoms with Gasteiger partial charge in [-0.2, -0.15) is 8.42 Å². The summed E-state index contributed by atoms with van der Waals surface area (Å²) in [5, 5.41) is 3.28. The van der Waals surface area contributed by atoms with Crippen molar-refractivity contribution in [3.63, 3.8) is 0 Å². The second-order valence-corrected chi connectivity index (χ2v) is 3.05. The fourth-order valence-corrected chi connectivity index (χ4v) is 0.907. The first kappa shape index (κ1) is 11.9. The third kappa shape index (κ3) is 4.07. The molecule has 64 valence electrons. The molecule has 0 saturated heterocycles. The normalized spacial score (nSPS) is 10.5. The minimum atomic E-state index is -4.24. The molecular weight excluding hydrogens is 195 g/mol. The summed E-state index contributed by atoms with van der Waals surface area (Å²) in [7, 11) is -4.24. The van der Waals surface area contributed by atoms with Crippen molar-refractivity contribution in [1.29, 1.82) is 0 Å². The third-order valence-corrected chi connectivity index (χ3v) is 1.33. The van der Waals surface area contributed by atoms with Gasteiger partial charge in [0.25, 0.3) is 0 Å². The Morgan fingerprint density at radius 1 is 1.75 bits per heavy atom. The summed E-state index contributed by atoms with van der Waals surface area (Å²) in [5.74, 6) is 0.418. The molecule has 0 amide bonds. The molecule has 0 bridgehead atoms. The van der Waals surface area contributed by atoms with Gasteiger partial charge in [-0.15, -0.1) is 0 Å². The fourth-order valence-electron chi connectivity index (χ4n) is 0.547. The van der Waals surface area contributed by atoms with Gasteiger partial charge >= 0.3 is 39.9 Å². The van der Waals surface area contributed by atoms with Crippen LogP contribution in [-0.4, -0.2) is 18.1 Å². The monoisotopic (exact) mass is 202 g/mol. The van der Waals surface area contributed by atoms with Gasteiger partial charge in [-0.25, -0.2) is 4.72 Å². The van der Waals surface area contributed by atoms with Gasteiger partial charge in [0.15, 0.2) is 5.82 Å². The molecule has 1 aromatic rings. The Kier molecular flexibility index (Phi) is 4.21. The van der Waals surface area contributed by atoms with Gasteiger partial charge in [0.2, 0.25) is 0 Å². The summed E-state index contributed by atoms with van der Waals surface area (Å²) >= 11 is 0. The van der Waals surface area contributed by atoms with E-state index in [1.54, 1.807) is 11.6 Å². The van der Waals surface area contributed by atoms with Crippen molar-refractivity contribution in [2.45, 2.75) is 6.92 Å². The number of anilines is 1. The van der Waals surface area contributed by atoms with E-state index in [0.717, 1.165) is 0 Å². The minimum Gasteiger partial charge on any atom is -1.00 e. The number of hydrogen-bond donors (Lipinski definition) is 2. The van der Waals surface area contributed by atoms with Crippen molar-refractivity contribution in [3.05, 3.63) is 11.8 Å². The van der Waals surface area contributed by atoms with Crippen molar-refractivity contribution in [3.8, 4) is 0 Å². The van der Waals surface area contributed by atoms with E-state index in [1.165, 1.54) is 6.07 Å². The van der Waals surface area contributed by atoms with Crippen molar-refractivity contribution >= 4 is 16.1 Å². The Morgan fingerprint density at radius 3 is 2.67 bits per heavy atom. The van der Waals surface area contributed by atoms with Gasteiger partial charge in [0.05, 0.1) is 0 Å². The molecule has 0 aliphatic carbocycles. The zero-order valence-electron chi connectivity index (χ0n) is 7.60. The van der Waals surface area contributed by atoms with E-state index in [0.29, 0.717) is 5.76 Å². The average molecular weight is 202 g/mol. The van der Waals surface area contributed by atoms with Gasteiger partial charge in [-0.05, 0) is 6.92 Å². The predicted molar refractivity (Wildman–Crippen MR) is 37.5 cm³/mol. The molecule has 2 N–H and O–H groups in total. The van der Waals surface area contributed by atoms with Crippen LogP contribution in [-0.2, 0) is 10.3 Å². The molecule has 1 heterocycles. The Balaban J connectivity index is 0. The topological polar surface area (TPSA) is 92.4 Å². The standard InChI is InChI=1S/C4H6N2O4S.Na.H/c1-3-2-4(5-10-3)6-11(7,8)9;;/h2H,1H3,(H,5,6)(H,7,8,9);;/q;+1;-1. The van der Waals surface area contributed by atoms with Crippen LogP contribution in [0.25, 0.3) is 0 Å². The largest absolute Gasteiger partial charge is 1.00 e. The molecule has 0 spiro atoms. The Bertz CT molecular complexity index is 351. The molecule has 8 heteroatoms. The Labute approximate surface area is 93.0 Å². The molecule has 0 atom stereocenters. The number of aromatic nitrogens is 1. The van der Waals surface area contributed by atoms with E-state index in [2.05, 4.69) is 9.68 Å². The summed E-state index contributed by atoms with van der Waals surface area (Å²) < 4.78 is 34.9. The number of nitrogens with zero attached hydrogens (tertiary/aromatic N) is 1. The van der Waals surface area contributed by atoms with Gasteiger partial charge in [-0.3, -0.25) is 4.55 Å². The summed E-state index contributed by atoms with van der Waals surface area (Å²) in [5.41, 5.74) is 0. The second-order valence-electron chi connectivity index (χ2n) is 1.90. The Hall–Kier alpha value is -0.0800. The smallest absolute Gasteiger partial charge is 1.00 e. The summed E-state index contributed by atoms with van der Waals surface area (Å²) in [6.07, 6.45) is 0. The van der Waals surface area contributed by atoms with Crippen LogP contribution >= 0.6 is 0 Å². The first-order valence-corrected chi connectivity index (χ1v) is 4.10. The van der Waals surface area contributed by atoms with E-state index in [1.807, 2.05) is 0 Å². The Morgan fingerprint density at radius 2 is 2.33 bits per heavy atom. The van der Waals surface area contributed by atoms with E-state index >= 15 is 0 Å². The molecule has 0 fully saturated rings. The van der Waals surface area contributed by atoms with E-state index in [-0.39, 0.29) is 36.8 Å². The third-order valence-electron chi connectivity index (χ3n) is 0.862. The second kappa shape index (κ2) is 4.24. The summed E-state index contributed by atoms with van der Waals surface area (Å²) in [6.45, 7) is 1.60. The molecule has 0 aromatic carbocycles. The first-order chi connectivity index (χ1) is 4.97. The van der Waals surface area contributed by atoms with Gasteiger partial charge < -0.3 is 5.95 Å². The molecular formula is C4H7N2NaO4S. The van der Waals surface area contributed by atoms with Crippen molar-refractivity contribution in [1.82, 2.24) is 5.16 Å². The molecule has 0 radical (unpaired) electrons. The van der Waals surface area contributed by atoms with Crippen molar-refractivity contribution < 1.29 is 48.5 Å². The maximum absolute atomic E-state index is 10.2. The molecule has 6 nitrogen and oxygen atoms in total. The molecule has 0 aliphatic rings. The molecule has 1 rings (SSSR count). The van der Waals surface area contributed by atoms with Gasteiger partial charge in [-0.1, -0.05) is 5.16 Å². The average Bonchev–Trinajstić information content (AvgIpc) is 2.10.